The van der Waals surface area contributed by atoms with E-state index in [0.717, 1.165) is 20.8 Å². The highest BCUT2D eigenvalue weighted by Crippen LogP contribution is 2.20. The van der Waals surface area contributed by atoms with Gasteiger partial charge in [-0.05, 0) is 48.6 Å². The summed E-state index contributed by atoms with van der Waals surface area (Å²) in [6.45, 7) is 0.698. The third kappa shape index (κ3) is 6.17. The fourth-order valence-corrected chi connectivity index (χ4v) is 2.96. The van der Waals surface area contributed by atoms with Crippen LogP contribution in [0.15, 0.2) is 57.9 Å². The number of rotatable bonds is 6. The van der Waals surface area contributed by atoms with Gasteiger partial charge in [-0.3, -0.25) is 10.1 Å². The highest BCUT2D eigenvalue weighted by Gasteiger charge is 2.04. The molecule has 0 atom stereocenters. The highest BCUT2D eigenvalue weighted by molar-refractivity contribution is 9.10. The van der Waals surface area contributed by atoms with Crippen LogP contribution in [0.2, 0.25) is 0 Å². The van der Waals surface area contributed by atoms with E-state index in [0.29, 0.717) is 11.7 Å². The van der Waals surface area contributed by atoms with Crippen molar-refractivity contribution in [2.24, 2.45) is 0 Å². The number of anilines is 1. The Morgan fingerprint density at radius 3 is 2.43 bits per heavy atom. The molecule has 0 saturated heterocycles. The van der Waals surface area contributed by atoms with Crippen LogP contribution in [-0.2, 0) is 0 Å². The third-order valence-electron chi connectivity index (χ3n) is 2.81. The number of halogens is 1. The molecule has 0 fully saturated rings. The lowest BCUT2D eigenvalue weighted by Crippen LogP contribution is -2.30. The summed E-state index contributed by atoms with van der Waals surface area (Å²) in [4.78, 5) is 11.2. The van der Waals surface area contributed by atoms with Gasteiger partial charge in [0.1, 0.15) is 0 Å². The molecule has 0 amide bonds. The van der Waals surface area contributed by atoms with Crippen molar-refractivity contribution < 1.29 is 4.92 Å². The molecular formula is C15H14BrN3O2S2. The van der Waals surface area contributed by atoms with Crippen LogP contribution >= 0.6 is 39.9 Å². The van der Waals surface area contributed by atoms with Gasteiger partial charge in [0.2, 0.25) is 0 Å². The molecule has 23 heavy (non-hydrogen) atoms. The Labute approximate surface area is 152 Å². The fraction of sp³-hybridized carbons (Fsp3) is 0.133. The molecule has 2 rings (SSSR count). The predicted octanol–water partition coefficient (Wildman–Crippen LogP) is 4.44. The van der Waals surface area contributed by atoms with E-state index in [2.05, 4.69) is 26.6 Å². The lowest BCUT2D eigenvalue weighted by Gasteiger charge is -2.10. The minimum absolute atomic E-state index is 0.104. The van der Waals surface area contributed by atoms with E-state index in [9.17, 15) is 10.1 Å². The van der Waals surface area contributed by atoms with E-state index in [1.165, 1.54) is 12.1 Å². The largest absolute Gasteiger partial charge is 0.362 e. The zero-order valence-electron chi connectivity index (χ0n) is 12.0. The molecule has 2 N–H and O–H groups in total. The number of hydrogen-bond acceptors (Lipinski definition) is 4. The molecule has 8 heteroatoms. The van der Waals surface area contributed by atoms with Crippen molar-refractivity contribution >= 4 is 56.4 Å². The number of thioether (sulfide) groups is 1. The van der Waals surface area contributed by atoms with Crippen LogP contribution in [0.1, 0.15) is 0 Å². The summed E-state index contributed by atoms with van der Waals surface area (Å²) in [5, 5.41) is 17.4. The molecule has 0 aliphatic carbocycles. The second kappa shape index (κ2) is 8.85. The van der Waals surface area contributed by atoms with Crippen LogP contribution < -0.4 is 10.6 Å². The van der Waals surface area contributed by atoms with E-state index in [4.69, 9.17) is 12.2 Å². The Bertz CT molecular complexity index is 678. The van der Waals surface area contributed by atoms with E-state index in [-0.39, 0.29) is 5.69 Å². The van der Waals surface area contributed by atoms with Crippen molar-refractivity contribution in [2.75, 3.05) is 17.6 Å². The summed E-state index contributed by atoms with van der Waals surface area (Å²) in [6.07, 6.45) is 0. The van der Waals surface area contributed by atoms with Gasteiger partial charge in [-0.2, -0.15) is 0 Å². The molecule has 2 aromatic carbocycles. The summed E-state index contributed by atoms with van der Waals surface area (Å²) in [6, 6.07) is 14.3. The second-order valence-corrected chi connectivity index (χ2v) is 6.98. The quantitative estimate of drug-likeness (QED) is 0.241. The van der Waals surface area contributed by atoms with Crippen molar-refractivity contribution in [3.63, 3.8) is 0 Å². The van der Waals surface area contributed by atoms with Gasteiger partial charge >= 0.3 is 0 Å². The molecule has 0 aromatic heterocycles. The van der Waals surface area contributed by atoms with Crippen molar-refractivity contribution in [2.45, 2.75) is 4.90 Å². The average Bonchev–Trinajstić information content (AvgIpc) is 2.54. The molecule has 0 spiro atoms. The standard InChI is InChI=1S/C15H14BrN3O2S2/c16-11-1-3-12(4-2-11)18-15(22)17-9-10-23-14-7-5-13(6-8-14)19(20)21/h1-8H,9-10H2,(H2,17,18,22). The normalized spacial score (nSPS) is 10.1. The molecule has 0 heterocycles. The lowest BCUT2D eigenvalue weighted by atomic mass is 10.3. The summed E-state index contributed by atoms with van der Waals surface area (Å²) < 4.78 is 1.02. The van der Waals surface area contributed by atoms with Gasteiger partial charge in [0, 0.05) is 39.5 Å². The minimum atomic E-state index is -0.401. The van der Waals surface area contributed by atoms with Gasteiger partial charge in [0.15, 0.2) is 5.11 Å². The molecule has 2 aromatic rings. The molecule has 0 bridgehead atoms. The summed E-state index contributed by atoms with van der Waals surface area (Å²) in [5.41, 5.74) is 1.03. The first kappa shape index (κ1) is 17.7. The first-order valence-corrected chi connectivity index (χ1v) is 8.91. The number of nitrogens with one attached hydrogen (secondary N) is 2. The first-order valence-electron chi connectivity index (χ1n) is 6.72. The minimum Gasteiger partial charge on any atom is -0.362 e. The van der Waals surface area contributed by atoms with Crippen LogP contribution in [-0.4, -0.2) is 22.3 Å². The van der Waals surface area contributed by atoms with Crippen LogP contribution in [0, 0.1) is 10.1 Å². The maximum Gasteiger partial charge on any atom is 0.269 e. The first-order chi connectivity index (χ1) is 11.0. The lowest BCUT2D eigenvalue weighted by molar-refractivity contribution is -0.384. The van der Waals surface area contributed by atoms with Gasteiger partial charge in [-0.15, -0.1) is 11.8 Å². The van der Waals surface area contributed by atoms with Crippen molar-refractivity contribution in [1.29, 1.82) is 0 Å². The van der Waals surface area contributed by atoms with Crippen LogP contribution in [0.25, 0.3) is 0 Å². The molecule has 5 nitrogen and oxygen atoms in total. The number of nitro benzene ring substituents is 1. The summed E-state index contributed by atoms with van der Waals surface area (Å²) in [7, 11) is 0. The van der Waals surface area contributed by atoms with Gasteiger partial charge in [-0.25, -0.2) is 0 Å². The van der Waals surface area contributed by atoms with Crippen LogP contribution in [0.4, 0.5) is 11.4 Å². The molecule has 0 unspecified atom stereocenters. The predicted molar refractivity (Wildman–Crippen MR) is 102 cm³/mol. The topological polar surface area (TPSA) is 67.2 Å². The Morgan fingerprint density at radius 1 is 1.17 bits per heavy atom. The number of hydrogen-bond donors (Lipinski definition) is 2. The number of thiocarbonyl (C=S) groups is 1. The average molecular weight is 412 g/mol. The Balaban J connectivity index is 1.69. The number of nitrogens with zero attached hydrogens (tertiary/aromatic N) is 1. The summed E-state index contributed by atoms with van der Waals surface area (Å²) >= 11 is 10.2. The molecule has 0 aliphatic rings. The molecule has 0 saturated carbocycles. The van der Waals surface area contributed by atoms with E-state index < -0.39 is 4.92 Å². The van der Waals surface area contributed by atoms with Gasteiger partial charge in [0.25, 0.3) is 5.69 Å². The third-order valence-corrected chi connectivity index (χ3v) is 4.59. The molecule has 0 aliphatic heterocycles. The van der Waals surface area contributed by atoms with Gasteiger partial charge < -0.3 is 10.6 Å². The molecular weight excluding hydrogens is 398 g/mol. The monoisotopic (exact) mass is 411 g/mol. The Hall–Kier alpha value is -1.64. The van der Waals surface area contributed by atoms with Crippen LogP contribution in [0.5, 0.6) is 0 Å². The van der Waals surface area contributed by atoms with Crippen molar-refractivity contribution in [3.05, 3.63) is 63.1 Å². The van der Waals surface area contributed by atoms with E-state index in [1.807, 2.05) is 24.3 Å². The fourth-order valence-electron chi connectivity index (χ4n) is 1.71. The highest BCUT2D eigenvalue weighted by atomic mass is 79.9. The zero-order chi connectivity index (χ0) is 16.7. The molecule has 0 radical (unpaired) electrons. The smallest absolute Gasteiger partial charge is 0.269 e. The van der Waals surface area contributed by atoms with Gasteiger partial charge in [0.05, 0.1) is 4.92 Å². The van der Waals surface area contributed by atoms with E-state index in [1.54, 1.807) is 23.9 Å². The maximum atomic E-state index is 10.6. The zero-order valence-corrected chi connectivity index (χ0v) is 15.2. The number of benzene rings is 2. The summed E-state index contributed by atoms with van der Waals surface area (Å²) in [5.74, 6) is 0.806. The SMILES string of the molecule is O=[N+]([O-])c1ccc(SCCNC(=S)Nc2ccc(Br)cc2)cc1. The van der Waals surface area contributed by atoms with Crippen molar-refractivity contribution in [1.82, 2.24) is 5.32 Å². The second-order valence-electron chi connectivity index (χ2n) is 4.49. The number of nitro groups is 1. The van der Waals surface area contributed by atoms with E-state index >= 15 is 0 Å². The van der Waals surface area contributed by atoms with Crippen molar-refractivity contribution in [3.8, 4) is 0 Å². The van der Waals surface area contributed by atoms with Gasteiger partial charge in [-0.1, -0.05) is 15.9 Å². The Kier molecular flexibility index (Phi) is 6.82. The Morgan fingerprint density at radius 2 is 1.83 bits per heavy atom. The van der Waals surface area contributed by atoms with Crippen LogP contribution in [0.3, 0.4) is 0 Å². The number of non-ortho nitro benzene ring substituents is 1. The maximum absolute atomic E-state index is 10.6. The molecule has 120 valence electrons.